The molecule has 0 N–H and O–H groups in total. The maximum absolute atomic E-state index is 11.9. The zero-order valence-corrected chi connectivity index (χ0v) is 13.2. The highest BCUT2D eigenvalue weighted by Crippen LogP contribution is 2.37. The summed E-state index contributed by atoms with van der Waals surface area (Å²) in [5.74, 6) is 0.334. The lowest BCUT2D eigenvalue weighted by atomic mass is 10.2. The minimum Gasteiger partial charge on any atom is -0.495 e. The first-order chi connectivity index (χ1) is 8.93. The van der Waals surface area contributed by atoms with Crippen LogP contribution in [0.3, 0.4) is 0 Å². The fourth-order valence-electron chi connectivity index (χ4n) is 1.59. The first kappa shape index (κ1) is 14.7. The van der Waals surface area contributed by atoms with Crippen LogP contribution in [0.1, 0.15) is 5.56 Å². The van der Waals surface area contributed by atoms with Gasteiger partial charge in [-0.3, -0.25) is 9.69 Å². The number of nitrogens with zero attached hydrogens (tertiary/aromatic N) is 1. The monoisotopic (exact) mass is 333 g/mol. The number of carbonyl (C=O) groups excluding carboxylic acids is 1. The highest BCUT2D eigenvalue weighted by molar-refractivity contribution is 8.26. The summed E-state index contributed by atoms with van der Waals surface area (Å²) in [7, 11) is 3.15. The van der Waals surface area contributed by atoms with Crippen molar-refractivity contribution >= 4 is 63.5 Å². The summed E-state index contributed by atoms with van der Waals surface area (Å²) in [4.78, 5) is 13.9. The Morgan fingerprint density at radius 2 is 2.11 bits per heavy atom. The van der Waals surface area contributed by atoms with E-state index in [4.69, 9.17) is 40.2 Å². The second-order valence-electron chi connectivity index (χ2n) is 3.75. The highest BCUT2D eigenvalue weighted by atomic mass is 35.5. The van der Waals surface area contributed by atoms with Crippen LogP contribution in [0, 0.1) is 0 Å². The molecule has 7 heteroatoms. The molecule has 1 saturated heterocycles. The molecule has 0 saturated carbocycles. The molecule has 100 valence electrons. The van der Waals surface area contributed by atoms with Gasteiger partial charge in [-0.1, -0.05) is 47.2 Å². The van der Waals surface area contributed by atoms with Crippen LogP contribution in [0.15, 0.2) is 17.0 Å². The SMILES string of the molecule is COc1c(Cl)cc(Cl)cc1/C=C1/SC(=S)N(C)C1=O. The van der Waals surface area contributed by atoms with Crippen LogP contribution in [0.5, 0.6) is 5.75 Å². The topological polar surface area (TPSA) is 29.5 Å². The van der Waals surface area contributed by atoms with E-state index >= 15 is 0 Å². The number of thiocarbonyl (C=S) groups is 1. The molecule has 3 nitrogen and oxygen atoms in total. The predicted octanol–water partition coefficient (Wildman–Crippen LogP) is 3.83. The van der Waals surface area contributed by atoms with Gasteiger partial charge in [-0.05, 0) is 18.2 Å². The Labute approximate surface area is 130 Å². The lowest BCUT2D eigenvalue weighted by Crippen LogP contribution is -2.22. The molecule has 1 aromatic carbocycles. The summed E-state index contributed by atoms with van der Waals surface area (Å²) in [6.45, 7) is 0. The lowest BCUT2D eigenvalue weighted by Gasteiger charge is -2.08. The molecule has 0 bridgehead atoms. The molecule has 0 aliphatic carbocycles. The van der Waals surface area contributed by atoms with Crippen molar-refractivity contribution in [2.75, 3.05) is 14.2 Å². The number of carbonyl (C=O) groups is 1. The Morgan fingerprint density at radius 1 is 1.42 bits per heavy atom. The number of thioether (sulfide) groups is 1. The molecule has 0 atom stereocenters. The van der Waals surface area contributed by atoms with Crippen LogP contribution in [0.4, 0.5) is 0 Å². The molecular formula is C12H9Cl2NO2S2. The third-order valence-electron chi connectivity index (χ3n) is 2.51. The Kier molecular flexibility index (Phi) is 4.40. The van der Waals surface area contributed by atoms with Gasteiger partial charge in [0.1, 0.15) is 10.1 Å². The molecule has 0 spiro atoms. The molecule has 0 unspecified atom stereocenters. The number of likely N-dealkylation sites (N-methyl/N-ethyl adjacent to an activating group) is 1. The van der Waals surface area contributed by atoms with Crippen LogP contribution in [0.2, 0.25) is 10.0 Å². The van der Waals surface area contributed by atoms with Gasteiger partial charge < -0.3 is 4.74 Å². The van der Waals surface area contributed by atoms with E-state index in [9.17, 15) is 4.79 Å². The number of hydrogen-bond acceptors (Lipinski definition) is 4. The van der Waals surface area contributed by atoms with E-state index in [1.54, 1.807) is 25.3 Å². The Morgan fingerprint density at radius 3 is 2.63 bits per heavy atom. The average Bonchev–Trinajstić information content (AvgIpc) is 2.57. The van der Waals surface area contributed by atoms with Crippen LogP contribution >= 0.6 is 47.2 Å². The summed E-state index contributed by atoms with van der Waals surface area (Å²) in [5.41, 5.74) is 0.647. The standard InChI is InChI=1S/C12H9Cl2NO2S2/c1-15-11(16)9(19-12(15)18)4-6-3-7(13)5-8(14)10(6)17-2/h3-5H,1-2H3/b9-4+. The molecule has 1 fully saturated rings. The Bertz CT molecular complexity index is 602. The van der Waals surface area contributed by atoms with E-state index in [0.29, 0.717) is 30.6 Å². The molecule has 1 heterocycles. The number of benzene rings is 1. The summed E-state index contributed by atoms with van der Waals surface area (Å²) < 4.78 is 5.75. The fourth-order valence-corrected chi connectivity index (χ4v) is 3.35. The smallest absolute Gasteiger partial charge is 0.265 e. The van der Waals surface area contributed by atoms with Gasteiger partial charge in [0.25, 0.3) is 5.91 Å². The van der Waals surface area contributed by atoms with Crippen molar-refractivity contribution in [3.05, 3.63) is 32.6 Å². The summed E-state index contributed by atoms with van der Waals surface area (Å²) in [6.07, 6.45) is 1.68. The van der Waals surface area contributed by atoms with Crippen LogP contribution in [-0.2, 0) is 4.79 Å². The van der Waals surface area contributed by atoms with E-state index in [1.165, 1.54) is 23.8 Å². The van der Waals surface area contributed by atoms with Crippen molar-refractivity contribution in [3.8, 4) is 5.75 Å². The number of rotatable bonds is 2. The van der Waals surface area contributed by atoms with Gasteiger partial charge in [-0.15, -0.1) is 0 Å². The number of ether oxygens (including phenoxy) is 1. The van der Waals surface area contributed by atoms with Crippen LogP contribution < -0.4 is 4.74 Å². The largest absolute Gasteiger partial charge is 0.495 e. The summed E-state index contributed by atoms with van der Waals surface area (Å²) in [6, 6.07) is 3.28. The number of hydrogen-bond donors (Lipinski definition) is 0. The van der Waals surface area contributed by atoms with Crippen molar-refractivity contribution in [2.45, 2.75) is 0 Å². The third-order valence-corrected chi connectivity index (χ3v) is 4.50. The van der Waals surface area contributed by atoms with Gasteiger partial charge in [-0.2, -0.15) is 0 Å². The average molecular weight is 334 g/mol. The first-order valence-electron chi connectivity index (χ1n) is 5.18. The summed E-state index contributed by atoms with van der Waals surface area (Å²) in [5, 5.41) is 0.872. The second kappa shape index (κ2) is 5.71. The molecule has 0 radical (unpaired) electrons. The summed E-state index contributed by atoms with van der Waals surface area (Å²) >= 11 is 18.3. The maximum atomic E-state index is 11.9. The number of methoxy groups -OCH3 is 1. The normalized spacial score (nSPS) is 17.5. The van der Waals surface area contributed by atoms with Crippen molar-refractivity contribution in [2.24, 2.45) is 0 Å². The number of halogens is 2. The van der Waals surface area contributed by atoms with Crippen molar-refractivity contribution in [1.29, 1.82) is 0 Å². The van der Waals surface area contributed by atoms with E-state index < -0.39 is 0 Å². The number of amides is 1. The predicted molar refractivity (Wildman–Crippen MR) is 84.0 cm³/mol. The van der Waals surface area contributed by atoms with Crippen molar-refractivity contribution in [3.63, 3.8) is 0 Å². The Balaban J connectivity index is 2.49. The fraction of sp³-hybridized carbons (Fsp3) is 0.167. The van der Waals surface area contributed by atoms with Crippen LogP contribution in [-0.4, -0.2) is 29.3 Å². The maximum Gasteiger partial charge on any atom is 0.265 e. The van der Waals surface area contributed by atoms with E-state index in [1.807, 2.05) is 0 Å². The first-order valence-corrected chi connectivity index (χ1v) is 7.16. The molecular weight excluding hydrogens is 325 g/mol. The zero-order valence-electron chi connectivity index (χ0n) is 10.1. The second-order valence-corrected chi connectivity index (χ2v) is 6.27. The van der Waals surface area contributed by atoms with Crippen LogP contribution in [0.25, 0.3) is 6.08 Å². The quantitative estimate of drug-likeness (QED) is 0.607. The highest BCUT2D eigenvalue weighted by Gasteiger charge is 2.29. The van der Waals surface area contributed by atoms with Gasteiger partial charge in [0, 0.05) is 17.6 Å². The minimum atomic E-state index is -0.145. The van der Waals surface area contributed by atoms with Gasteiger partial charge >= 0.3 is 0 Å². The molecule has 2 rings (SSSR count). The minimum absolute atomic E-state index is 0.145. The van der Waals surface area contributed by atoms with E-state index in [2.05, 4.69) is 0 Å². The third kappa shape index (κ3) is 2.89. The van der Waals surface area contributed by atoms with E-state index in [0.717, 1.165) is 0 Å². The molecule has 1 amide bonds. The van der Waals surface area contributed by atoms with Gasteiger partial charge in [0.15, 0.2) is 0 Å². The molecule has 1 aliphatic heterocycles. The zero-order chi connectivity index (χ0) is 14.2. The molecule has 19 heavy (non-hydrogen) atoms. The van der Waals surface area contributed by atoms with Crippen molar-refractivity contribution in [1.82, 2.24) is 4.90 Å². The van der Waals surface area contributed by atoms with Crippen molar-refractivity contribution < 1.29 is 9.53 Å². The Hall–Kier alpha value is -0.750. The molecule has 1 aliphatic rings. The van der Waals surface area contributed by atoms with Gasteiger partial charge in [0.2, 0.25) is 0 Å². The molecule has 1 aromatic rings. The van der Waals surface area contributed by atoms with Gasteiger partial charge in [-0.25, -0.2) is 0 Å². The van der Waals surface area contributed by atoms with Gasteiger partial charge in [0.05, 0.1) is 17.0 Å². The molecule has 0 aromatic heterocycles. The lowest BCUT2D eigenvalue weighted by molar-refractivity contribution is -0.121. The van der Waals surface area contributed by atoms with E-state index in [-0.39, 0.29) is 5.91 Å².